The largest absolute Gasteiger partial charge is 0.269 e. The fourth-order valence-corrected chi connectivity index (χ4v) is 4.20. The van der Waals surface area contributed by atoms with Crippen molar-refractivity contribution in [3.05, 3.63) is 28.2 Å². The van der Waals surface area contributed by atoms with Gasteiger partial charge in [-0.15, -0.1) is 0 Å². The van der Waals surface area contributed by atoms with Gasteiger partial charge in [-0.05, 0) is 47.0 Å². The van der Waals surface area contributed by atoms with Gasteiger partial charge in [0.05, 0.1) is 23.1 Å². The van der Waals surface area contributed by atoms with Crippen LogP contribution in [-0.2, 0) is 10.0 Å². The molecular weight excluding hydrogens is 304 g/mol. The van der Waals surface area contributed by atoms with Crippen LogP contribution in [0.5, 0.6) is 0 Å². The molecule has 4 nitrogen and oxygen atoms in total. The van der Waals surface area contributed by atoms with Crippen LogP contribution in [0.2, 0.25) is 0 Å². The van der Waals surface area contributed by atoms with E-state index in [1.165, 1.54) is 4.31 Å². The smallest absolute Gasteiger partial charge is 0.235 e. The molecule has 0 bridgehead atoms. The average molecular weight is 315 g/mol. The molecule has 0 spiro atoms. The molecule has 2 rings (SSSR count). The van der Waals surface area contributed by atoms with Crippen LogP contribution in [0.3, 0.4) is 0 Å². The lowest BCUT2D eigenvalue weighted by Crippen LogP contribution is -2.38. The van der Waals surface area contributed by atoms with Gasteiger partial charge in [-0.1, -0.05) is 0 Å². The van der Waals surface area contributed by atoms with Gasteiger partial charge in [-0.2, -0.15) is 5.26 Å². The van der Waals surface area contributed by atoms with E-state index in [1.807, 2.05) is 6.07 Å². The van der Waals surface area contributed by atoms with Gasteiger partial charge in [-0.25, -0.2) is 8.42 Å². The Morgan fingerprint density at radius 1 is 1.35 bits per heavy atom. The second-order valence-corrected chi connectivity index (χ2v) is 6.74. The van der Waals surface area contributed by atoms with Gasteiger partial charge in [-0.3, -0.25) is 4.31 Å². The molecule has 0 radical (unpaired) electrons. The molecule has 0 saturated carbocycles. The van der Waals surface area contributed by atoms with E-state index in [1.54, 1.807) is 18.2 Å². The second kappa shape index (κ2) is 4.67. The van der Waals surface area contributed by atoms with Crippen molar-refractivity contribution in [2.75, 3.05) is 16.6 Å². The van der Waals surface area contributed by atoms with E-state index in [9.17, 15) is 8.42 Å². The molecule has 1 heterocycles. The lowest BCUT2D eigenvalue weighted by molar-refractivity contribution is 0.574. The highest BCUT2D eigenvalue weighted by Crippen LogP contribution is 2.31. The van der Waals surface area contributed by atoms with Gasteiger partial charge < -0.3 is 0 Å². The standard InChI is InChI=1S/C11H11BrN2O2S/c12-10-7-9(8-13)3-4-11(10)14-5-1-2-6-17(14,15)16/h3-4,7H,1-2,5-6H2. The van der Waals surface area contributed by atoms with Gasteiger partial charge in [0.25, 0.3) is 0 Å². The zero-order valence-electron chi connectivity index (χ0n) is 9.06. The molecule has 0 atom stereocenters. The summed E-state index contributed by atoms with van der Waals surface area (Å²) < 4.78 is 25.9. The molecule has 1 saturated heterocycles. The first-order chi connectivity index (χ1) is 8.04. The van der Waals surface area contributed by atoms with Gasteiger partial charge in [0.2, 0.25) is 10.0 Å². The van der Waals surface area contributed by atoms with Crippen molar-refractivity contribution in [1.29, 1.82) is 5.26 Å². The number of hydrogen-bond donors (Lipinski definition) is 0. The zero-order chi connectivity index (χ0) is 12.5. The number of hydrogen-bond acceptors (Lipinski definition) is 3. The number of nitrogens with zero attached hydrogens (tertiary/aromatic N) is 2. The predicted octanol–water partition coefficient (Wildman–Crippen LogP) is 2.25. The Kier molecular flexibility index (Phi) is 3.40. The molecule has 1 aromatic carbocycles. The van der Waals surface area contributed by atoms with E-state index in [0.29, 0.717) is 28.7 Å². The minimum absolute atomic E-state index is 0.194. The fraction of sp³-hybridized carbons (Fsp3) is 0.364. The number of halogens is 1. The molecule has 1 aliphatic heterocycles. The number of rotatable bonds is 1. The van der Waals surface area contributed by atoms with E-state index in [0.717, 1.165) is 6.42 Å². The minimum atomic E-state index is -3.20. The van der Waals surface area contributed by atoms with Gasteiger partial charge >= 0.3 is 0 Å². The highest BCUT2D eigenvalue weighted by Gasteiger charge is 2.27. The van der Waals surface area contributed by atoms with E-state index in [4.69, 9.17) is 5.26 Å². The van der Waals surface area contributed by atoms with Crippen molar-refractivity contribution in [3.8, 4) is 6.07 Å². The molecule has 17 heavy (non-hydrogen) atoms. The van der Waals surface area contributed by atoms with Crippen molar-refractivity contribution < 1.29 is 8.42 Å². The summed E-state index contributed by atoms with van der Waals surface area (Å²) in [7, 11) is -3.20. The zero-order valence-corrected chi connectivity index (χ0v) is 11.5. The highest BCUT2D eigenvalue weighted by atomic mass is 79.9. The summed E-state index contributed by atoms with van der Waals surface area (Å²) in [4.78, 5) is 0. The molecule has 0 aliphatic carbocycles. The molecular formula is C11H11BrN2O2S. The van der Waals surface area contributed by atoms with Crippen molar-refractivity contribution in [1.82, 2.24) is 0 Å². The Morgan fingerprint density at radius 3 is 2.71 bits per heavy atom. The Labute approximate surface area is 109 Å². The third-order valence-electron chi connectivity index (χ3n) is 2.69. The number of benzene rings is 1. The van der Waals surface area contributed by atoms with E-state index in [2.05, 4.69) is 15.9 Å². The van der Waals surface area contributed by atoms with E-state index >= 15 is 0 Å². The number of anilines is 1. The molecule has 0 aromatic heterocycles. The topological polar surface area (TPSA) is 61.2 Å². The summed E-state index contributed by atoms with van der Waals surface area (Å²) in [5, 5.41) is 8.76. The molecule has 0 N–H and O–H groups in total. The highest BCUT2D eigenvalue weighted by molar-refractivity contribution is 9.10. The van der Waals surface area contributed by atoms with Crippen LogP contribution >= 0.6 is 15.9 Å². The summed E-state index contributed by atoms with van der Waals surface area (Å²) in [6.07, 6.45) is 1.58. The van der Waals surface area contributed by atoms with Gasteiger partial charge in [0, 0.05) is 11.0 Å². The van der Waals surface area contributed by atoms with Gasteiger partial charge in [0.1, 0.15) is 0 Å². The molecule has 1 aromatic rings. The molecule has 0 unspecified atom stereocenters. The lowest BCUT2D eigenvalue weighted by atomic mass is 10.2. The summed E-state index contributed by atoms with van der Waals surface area (Å²) in [6, 6.07) is 6.96. The SMILES string of the molecule is N#Cc1ccc(N2CCCCS2(=O)=O)c(Br)c1. The summed E-state index contributed by atoms with van der Waals surface area (Å²) in [5.74, 6) is 0.194. The summed E-state index contributed by atoms with van der Waals surface area (Å²) >= 11 is 3.32. The van der Waals surface area contributed by atoms with Crippen LogP contribution in [0, 0.1) is 11.3 Å². The third kappa shape index (κ3) is 2.45. The Morgan fingerprint density at radius 2 is 2.12 bits per heavy atom. The quantitative estimate of drug-likeness (QED) is 0.798. The Balaban J connectivity index is 2.44. The van der Waals surface area contributed by atoms with Crippen molar-refractivity contribution in [3.63, 3.8) is 0 Å². The molecule has 90 valence electrons. The fourth-order valence-electron chi connectivity index (χ4n) is 1.84. The van der Waals surface area contributed by atoms with Crippen LogP contribution in [0.15, 0.2) is 22.7 Å². The first kappa shape index (κ1) is 12.4. The molecule has 1 aliphatic rings. The van der Waals surface area contributed by atoms with E-state index < -0.39 is 10.0 Å². The normalized spacial score (nSPS) is 18.7. The summed E-state index contributed by atoms with van der Waals surface area (Å²) in [6.45, 7) is 0.507. The van der Waals surface area contributed by atoms with Crippen LogP contribution in [0.4, 0.5) is 5.69 Å². The molecule has 0 amide bonds. The maximum Gasteiger partial charge on any atom is 0.235 e. The first-order valence-corrected chi connectivity index (χ1v) is 7.65. The maximum atomic E-state index is 11.9. The van der Waals surface area contributed by atoms with Crippen LogP contribution < -0.4 is 4.31 Å². The van der Waals surface area contributed by atoms with Gasteiger partial charge in [0.15, 0.2) is 0 Å². The maximum absolute atomic E-state index is 11.9. The number of sulfonamides is 1. The second-order valence-electron chi connectivity index (χ2n) is 3.87. The van der Waals surface area contributed by atoms with Crippen molar-refractivity contribution in [2.24, 2.45) is 0 Å². The van der Waals surface area contributed by atoms with Crippen LogP contribution in [0.1, 0.15) is 18.4 Å². The van der Waals surface area contributed by atoms with Crippen LogP contribution in [0.25, 0.3) is 0 Å². The van der Waals surface area contributed by atoms with Crippen molar-refractivity contribution in [2.45, 2.75) is 12.8 Å². The minimum Gasteiger partial charge on any atom is -0.269 e. The lowest BCUT2D eigenvalue weighted by Gasteiger charge is -2.29. The average Bonchev–Trinajstić information content (AvgIpc) is 2.29. The molecule has 6 heteroatoms. The molecule has 1 fully saturated rings. The van der Waals surface area contributed by atoms with Crippen molar-refractivity contribution >= 4 is 31.6 Å². The van der Waals surface area contributed by atoms with Crippen LogP contribution in [-0.4, -0.2) is 20.7 Å². The predicted molar refractivity (Wildman–Crippen MR) is 69.2 cm³/mol. The monoisotopic (exact) mass is 314 g/mol. The van der Waals surface area contributed by atoms with E-state index in [-0.39, 0.29) is 5.75 Å². The first-order valence-electron chi connectivity index (χ1n) is 5.25. The Bertz CT molecular complexity index is 578. The Hall–Kier alpha value is -1.06. The number of nitriles is 1. The summed E-state index contributed by atoms with van der Waals surface area (Å²) in [5.41, 5.74) is 1.12. The third-order valence-corrected chi connectivity index (χ3v) is 5.19.